The molecule has 12 nitrogen and oxygen atoms in total. The fourth-order valence-electron chi connectivity index (χ4n) is 5.42. The van der Waals surface area contributed by atoms with Crippen LogP contribution in [0.3, 0.4) is 0 Å². The number of rotatable bonds is 10. The first-order valence-corrected chi connectivity index (χ1v) is 15.3. The van der Waals surface area contributed by atoms with Gasteiger partial charge in [-0.25, -0.2) is 14.4 Å². The summed E-state index contributed by atoms with van der Waals surface area (Å²) in [6.45, 7) is 16.3. The maximum absolute atomic E-state index is 12.5. The third-order valence-corrected chi connectivity index (χ3v) is 7.76. The number of carbonyl (C=O) groups excluding carboxylic acids is 3. The molecule has 0 aliphatic carbocycles. The van der Waals surface area contributed by atoms with E-state index < -0.39 is 17.5 Å². The monoisotopic (exact) mass is 601 g/mol. The number of amides is 2. The normalized spacial score (nSPS) is 19.5. The molecule has 1 aromatic carbocycles. The third kappa shape index (κ3) is 9.67. The van der Waals surface area contributed by atoms with Crippen LogP contribution in [0.15, 0.2) is 39.6 Å². The van der Waals surface area contributed by atoms with Crippen molar-refractivity contribution in [2.24, 2.45) is 11.8 Å². The highest BCUT2D eigenvalue weighted by molar-refractivity contribution is 5.82. The number of unbranched alkanes of at least 4 members (excludes halogenated alkanes) is 1. The van der Waals surface area contributed by atoms with Gasteiger partial charge in [-0.15, -0.1) is 0 Å². The number of aryl methyl sites for hydroxylation is 1. The van der Waals surface area contributed by atoms with Gasteiger partial charge in [-0.05, 0) is 58.8 Å². The Morgan fingerprint density at radius 3 is 2.30 bits per heavy atom. The van der Waals surface area contributed by atoms with E-state index in [9.17, 15) is 19.2 Å². The Morgan fingerprint density at radius 1 is 1.02 bits per heavy atom. The summed E-state index contributed by atoms with van der Waals surface area (Å²) in [4.78, 5) is 53.4. The molecule has 0 saturated carbocycles. The van der Waals surface area contributed by atoms with Crippen LogP contribution in [0, 0.1) is 11.8 Å². The predicted molar refractivity (Wildman–Crippen MR) is 161 cm³/mol. The second-order valence-corrected chi connectivity index (χ2v) is 11.9. The number of likely N-dealkylation sites (tertiary alicyclic amines) is 1. The van der Waals surface area contributed by atoms with Gasteiger partial charge in [-0.3, -0.25) is 9.32 Å². The van der Waals surface area contributed by atoms with Crippen LogP contribution in [-0.4, -0.2) is 82.0 Å². The highest BCUT2D eigenvalue weighted by atomic mass is 16.6. The van der Waals surface area contributed by atoms with Crippen LogP contribution < -0.4 is 11.1 Å². The average Bonchev–Trinajstić information content (AvgIpc) is 3.63. The van der Waals surface area contributed by atoms with Gasteiger partial charge < -0.3 is 24.6 Å². The first kappa shape index (κ1) is 33.8. The van der Waals surface area contributed by atoms with Crippen LogP contribution in [0.2, 0.25) is 0 Å². The van der Waals surface area contributed by atoms with E-state index in [0.29, 0.717) is 38.8 Å². The second-order valence-electron chi connectivity index (χ2n) is 11.9. The fourth-order valence-corrected chi connectivity index (χ4v) is 5.42. The highest BCUT2D eigenvalue weighted by Crippen LogP contribution is 2.34. The quantitative estimate of drug-likeness (QED) is 0.400. The van der Waals surface area contributed by atoms with Crippen LogP contribution in [-0.2, 0) is 27.3 Å². The Balaban J connectivity index is 0.000000646. The summed E-state index contributed by atoms with van der Waals surface area (Å²) in [5.41, 5.74) is 0.154. The van der Waals surface area contributed by atoms with Crippen molar-refractivity contribution in [2.45, 2.75) is 85.5 Å². The number of nitrogens with zero attached hydrogens (tertiary/aromatic N) is 4. The molecule has 2 aliphatic rings. The minimum absolute atomic E-state index is 0.00518. The van der Waals surface area contributed by atoms with Gasteiger partial charge in [-0.2, -0.15) is 4.57 Å². The Kier molecular flexibility index (Phi) is 12.4. The van der Waals surface area contributed by atoms with Gasteiger partial charge >= 0.3 is 17.9 Å². The maximum Gasteiger partial charge on any atom is 0.451 e. The number of ether oxygens (including phenoxy) is 2. The van der Waals surface area contributed by atoms with Crippen LogP contribution in [0.4, 0.5) is 9.59 Å². The van der Waals surface area contributed by atoms with Crippen molar-refractivity contribution < 1.29 is 28.4 Å². The summed E-state index contributed by atoms with van der Waals surface area (Å²) in [5, 5.41) is 6.72. The molecule has 0 bridgehead atoms. The smallest absolute Gasteiger partial charge is 0.445 e. The largest absolute Gasteiger partial charge is 0.451 e. The first-order chi connectivity index (χ1) is 20.5. The van der Waals surface area contributed by atoms with Gasteiger partial charge in [0, 0.05) is 31.3 Å². The maximum atomic E-state index is 12.5. The van der Waals surface area contributed by atoms with Crippen molar-refractivity contribution >= 4 is 18.1 Å². The lowest BCUT2D eigenvalue weighted by atomic mass is 9.88. The molecular formula is C31H47N5O7. The molecule has 2 aliphatic heterocycles. The molecule has 238 valence electrons. The lowest BCUT2D eigenvalue weighted by Crippen LogP contribution is -2.36. The lowest BCUT2D eigenvalue weighted by Gasteiger charge is -2.19. The fraction of sp³-hybridized carbons (Fsp3) is 0.645. The van der Waals surface area contributed by atoms with Crippen molar-refractivity contribution in [1.82, 2.24) is 24.8 Å². The molecule has 2 fully saturated rings. The van der Waals surface area contributed by atoms with Crippen molar-refractivity contribution in [3.63, 3.8) is 0 Å². The molecule has 1 aromatic heterocycles. The molecule has 3 atom stereocenters. The Morgan fingerprint density at radius 2 is 1.70 bits per heavy atom. The summed E-state index contributed by atoms with van der Waals surface area (Å²) in [7, 11) is 0. The number of nitrogens with one attached hydrogen (secondary N) is 1. The molecule has 1 N–H and O–H groups in total. The van der Waals surface area contributed by atoms with Crippen molar-refractivity contribution in [3.05, 3.63) is 52.3 Å². The molecule has 43 heavy (non-hydrogen) atoms. The molecule has 0 unspecified atom stereocenters. The van der Waals surface area contributed by atoms with Gasteiger partial charge in [0.1, 0.15) is 12.2 Å². The lowest BCUT2D eigenvalue weighted by molar-refractivity contribution is -0.123. The average molecular weight is 602 g/mol. The zero-order valence-corrected chi connectivity index (χ0v) is 26.3. The van der Waals surface area contributed by atoms with Crippen LogP contribution in [0.25, 0.3) is 0 Å². The number of aromatic nitrogens is 2. The van der Waals surface area contributed by atoms with E-state index >= 15 is 0 Å². The predicted octanol–water partition coefficient (Wildman–Crippen LogP) is 4.06. The highest BCUT2D eigenvalue weighted by Gasteiger charge is 2.48. The summed E-state index contributed by atoms with van der Waals surface area (Å²) in [6.07, 6.45) is 1.01. The molecule has 3 heterocycles. The molecule has 4 rings (SSSR count). The van der Waals surface area contributed by atoms with Crippen LogP contribution in [0.5, 0.6) is 0 Å². The van der Waals surface area contributed by atoms with Crippen molar-refractivity contribution in [2.75, 3.05) is 32.7 Å². The summed E-state index contributed by atoms with van der Waals surface area (Å²) < 4.78 is 16.2. The molecular weight excluding hydrogens is 554 g/mol. The van der Waals surface area contributed by atoms with E-state index in [1.165, 1.54) is 19.6 Å². The van der Waals surface area contributed by atoms with Gasteiger partial charge in [0.05, 0.1) is 6.04 Å². The third-order valence-electron chi connectivity index (χ3n) is 7.76. The Labute approximate surface area is 253 Å². The summed E-state index contributed by atoms with van der Waals surface area (Å²) in [5.74, 6) is -0.894. The van der Waals surface area contributed by atoms with E-state index in [1.54, 1.807) is 25.7 Å². The zero-order valence-electron chi connectivity index (χ0n) is 26.3. The zero-order chi connectivity index (χ0) is 31.6. The van der Waals surface area contributed by atoms with Gasteiger partial charge in [0.25, 0.3) is 0 Å². The van der Waals surface area contributed by atoms with E-state index in [0.717, 1.165) is 10.1 Å². The van der Waals surface area contributed by atoms with Crippen LogP contribution >= 0.6 is 0 Å². The number of hydrogen-bond donors (Lipinski definition) is 1. The van der Waals surface area contributed by atoms with Gasteiger partial charge in [-0.1, -0.05) is 62.7 Å². The molecule has 2 saturated heterocycles. The Hall–Kier alpha value is -3.67. The topological polar surface area (TPSA) is 136 Å². The van der Waals surface area contributed by atoms with E-state index in [-0.39, 0.29) is 42.3 Å². The molecule has 2 aromatic rings. The first-order valence-electron chi connectivity index (χ1n) is 15.3. The second kappa shape index (κ2) is 15.7. The minimum Gasteiger partial charge on any atom is -0.445 e. The number of carbonyl (C=O) groups is 3. The van der Waals surface area contributed by atoms with Gasteiger partial charge in [0.2, 0.25) is 5.91 Å². The number of hydrogen-bond acceptors (Lipinski definition) is 9. The SMILES string of the molecule is CC(C)(C)OC(=O)n1c(CCCC[C@H]2C(=O)N[C@@H]3CN(C(=O)OCc4ccccc4)C[C@H]32)noc1=O.CCN(CC)CC. The number of fused-ring (bicyclic) bond motifs is 1. The van der Waals surface area contributed by atoms with E-state index in [1.807, 2.05) is 30.3 Å². The minimum atomic E-state index is -0.887. The molecule has 12 heteroatoms. The number of benzene rings is 1. The van der Waals surface area contributed by atoms with Crippen molar-refractivity contribution in [3.8, 4) is 0 Å². The molecule has 0 radical (unpaired) electrons. The van der Waals surface area contributed by atoms with Crippen molar-refractivity contribution in [1.29, 1.82) is 0 Å². The van der Waals surface area contributed by atoms with Crippen LogP contribution in [0.1, 0.15) is 72.2 Å². The molecule has 2 amide bonds. The van der Waals surface area contributed by atoms with E-state index in [4.69, 9.17) is 9.47 Å². The van der Waals surface area contributed by atoms with Gasteiger partial charge in [0.15, 0.2) is 5.82 Å². The molecule has 0 spiro atoms. The standard InChI is InChI=1S/C25H32N4O7.C6H15N/c1-25(2,3)35-23(32)29-20(27-36-24(29)33)12-8-7-11-17-18-13-28(14-19(18)26-21(17)30)22(31)34-15-16-9-5-4-6-10-16;1-4-7(5-2)6-3/h4-6,9-10,17-19H,7-8,11-15H2,1-3H3,(H,26,30);4-6H2,1-3H3/t17-,18+,19-;/m1./s1. The Bertz CT molecular complexity index is 1240. The van der Waals surface area contributed by atoms with E-state index in [2.05, 4.69) is 40.7 Å². The summed E-state index contributed by atoms with van der Waals surface area (Å²) >= 11 is 0. The summed E-state index contributed by atoms with van der Waals surface area (Å²) in [6, 6.07) is 9.40.